The number of carbonyl (C=O) groups is 3. The van der Waals surface area contributed by atoms with E-state index in [1.54, 1.807) is 54.9 Å². The highest BCUT2D eigenvalue weighted by Crippen LogP contribution is 2.40. The average molecular weight is 722 g/mol. The van der Waals surface area contributed by atoms with Crippen LogP contribution in [0.4, 0.5) is 20.3 Å². The second-order valence-electron chi connectivity index (χ2n) is 11.0. The van der Waals surface area contributed by atoms with Gasteiger partial charge in [0.1, 0.15) is 17.9 Å². The minimum absolute atomic E-state index is 0.0503. The normalized spacial score (nSPS) is 18.1. The number of nitriles is 1. The number of aromatic amines is 1. The van der Waals surface area contributed by atoms with Gasteiger partial charge in [0.25, 0.3) is 11.8 Å². The van der Waals surface area contributed by atoms with E-state index in [2.05, 4.69) is 43.1 Å². The molecule has 45 heavy (non-hydrogen) atoms. The van der Waals surface area contributed by atoms with Crippen molar-refractivity contribution in [1.29, 1.82) is 5.26 Å². The van der Waals surface area contributed by atoms with Crippen molar-refractivity contribution in [3.63, 3.8) is 0 Å². The predicted octanol–water partition coefficient (Wildman–Crippen LogP) is 5.13. The molecule has 228 valence electrons. The third-order valence-corrected chi connectivity index (χ3v) is 8.94. The number of halogens is 3. The molecule has 4 aromatic rings. The number of anilines is 2. The average Bonchev–Trinajstić information content (AvgIpc) is 3.70. The van der Waals surface area contributed by atoms with Gasteiger partial charge in [-0.2, -0.15) is 10.4 Å². The highest BCUT2D eigenvalue weighted by atomic mass is 127. The molecule has 1 aliphatic heterocycles. The standard InChI is InChI=1S/C32H26F2IN7O3/c33-32(34)14-22(15-32)40-30(44)29(24-6-1-2-7-25(24)35)41(23-5-3-4-20(13-23)21-17-38-39-18-21)31(45)26-8-9-28(43)42(26)27-12-19(16-36)10-11-37-27/h1-7,10-13,17-18,22,26,29H,8-9,14-15H2,(H,38,39)(H,40,44)/t26-,29-/m0/s1. The van der Waals surface area contributed by atoms with Gasteiger partial charge in [0.15, 0.2) is 0 Å². The first-order valence-electron chi connectivity index (χ1n) is 14.2. The summed E-state index contributed by atoms with van der Waals surface area (Å²) in [7, 11) is 0. The van der Waals surface area contributed by atoms with Crippen LogP contribution in [0.3, 0.4) is 0 Å². The largest absolute Gasteiger partial charge is 0.351 e. The van der Waals surface area contributed by atoms with Crippen molar-refractivity contribution in [3.05, 3.63) is 94.0 Å². The molecular formula is C32H26F2IN7O3. The van der Waals surface area contributed by atoms with Crippen molar-refractivity contribution in [2.75, 3.05) is 9.80 Å². The maximum atomic E-state index is 14.8. The fraction of sp³-hybridized carbons (Fsp3) is 0.250. The van der Waals surface area contributed by atoms with Crippen LogP contribution in [-0.2, 0) is 14.4 Å². The Bertz CT molecular complexity index is 1800. The van der Waals surface area contributed by atoms with Crippen LogP contribution in [0.1, 0.15) is 42.9 Å². The second-order valence-corrected chi connectivity index (χ2v) is 12.1. The van der Waals surface area contributed by atoms with Gasteiger partial charge in [-0.15, -0.1) is 0 Å². The van der Waals surface area contributed by atoms with E-state index in [4.69, 9.17) is 0 Å². The van der Waals surface area contributed by atoms with Crippen LogP contribution in [0, 0.1) is 14.9 Å². The number of pyridine rings is 1. The zero-order valence-electron chi connectivity index (χ0n) is 23.7. The Kier molecular flexibility index (Phi) is 8.32. The molecule has 2 N–H and O–H groups in total. The van der Waals surface area contributed by atoms with E-state index in [1.165, 1.54) is 28.1 Å². The maximum Gasteiger partial charge on any atom is 0.252 e. The number of alkyl halides is 2. The van der Waals surface area contributed by atoms with Crippen molar-refractivity contribution < 1.29 is 23.2 Å². The van der Waals surface area contributed by atoms with E-state index >= 15 is 0 Å². The molecule has 13 heteroatoms. The van der Waals surface area contributed by atoms with Gasteiger partial charge in [-0.1, -0.05) is 30.3 Å². The lowest BCUT2D eigenvalue weighted by atomic mass is 9.87. The van der Waals surface area contributed by atoms with E-state index in [-0.39, 0.29) is 30.1 Å². The minimum atomic E-state index is -2.86. The summed E-state index contributed by atoms with van der Waals surface area (Å²) >= 11 is 2.08. The van der Waals surface area contributed by atoms with E-state index < -0.39 is 48.7 Å². The smallest absolute Gasteiger partial charge is 0.252 e. The lowest BCUT2D eigenvalue weighted by molar-refractivity contribution is -0.133. The number of H-pyrrole nitrogens is 1. The van der Waals surface area contributed by atoms with Gasteiger partial charge in [0.05, 0.1) is 17.8 Å². The summed E-state index contributed by atoms with van der Waals surface area (Å²) in [5.74, 6) is -4.25. The van der Waals surface area contributed by atoms with Crippen LogP contribution in [0.2, 0.25) is 0 Å². The van der Waals surface area contributed by atoms with E-state index in [1.807, 2.05) is 12.1 Å². The Hall–Kier alpha value is -4.71. The first-order valence-corrected chi connectivity index (χ1v) is 15.3. The first kappa shape index (κ1) is 30.3. The molecule has 2 aromatic carbocycles. The number of nitrogens with one attached hydrogen (secondary N) is 2. The summed E-state index contributed by atoms with van der Waals surface area (Å²) in [5.41, 5.74) is 2.57. The Balaban J connectivity index is 1.48. The first-order chi connectivity index (χ1) is 21.6. The molecule has 2 aliphatic rings. The van der Waals surface area contributed by atoms with Crippen LogP contribution in [-0.4, -0.2) is 50.9 Å². The molecule has 2 fully saturated rings. The molecular weight excluding hydrogens is 695 g/mol. The lowest BCUT2D eigenvalue weighted by Gasteiger charge is -2.39. The topological polar surface area (TPSA) is 135 Å². The molecule has 0 bridgehead atoms. The molecule has 0 spiro atoms. The molecule has 2 atom stereocenters. The number of benzene rings is 2. The van der Waals surface area contributed by atoms with E-state index in [0.717, 1.165) is 5.56 Å². The number of hydrogen-bond donors (Lipinski definition) is 2. The van der Waals surface area contributed by atoms with E-state index in [0.29, 0.717) is 20.4 Å². The summed E-state index contributed by atoms with van der Waals surface area (Å²) in [4.78, 5) is 49.1. The quantitative estimate of drug-likeness (QED) is 0.243. The third-order valence-electron chi connectivity index (χ3n) is 7.95. The van der Waals surface area contributed by atoms with Gasteiger partial charge >= 0.3 is 0 Å². The summed E-state index contributed by atoms with van der Waals surface area (Å²) < 4.78 is 28.2. The maximum absolute atomic E-state index is 14.8. The number of amides is 3. The number of aromatic nitrogens is 3. The molecule has 1 saturated carbocycles. The van der Waals surface area contributed by atoms with Gasteiger partial charge in [0, 0.05) is 52.5 Å². The molecule has 2 aromatic heterocycles. The van der Waals surface area contributed by atoms with Crippen molar-refractivity contribution in [3.8, 4) is 17.2 Å². The van der Waals surface area contributed by atoms with E-state index in [9.17, 15) is 28.4 Å². The monoisotopic (exact) mass is 721 g/mol. The zero-order valence-corrected chi connectivity index (χ0v) is 25.8. The fourth-order valence-electron chi connectivity index (χ4n) is 5.77. The highest BCUT2D eigenvalue weighted by molar-refractivity contribution is 14.1. The van der Waals surface area contributed by atoms with Crippen molar-refractivity contribution in [2.45, 2.75) is 49.7 Å². The Morgan fingerprint density at radius 1 is 1.13 bits per heavy atom. The minimum Gasteiger partial charge on any atom is -0.351 e. The molecule has 1 aliphatic carbocycles. The zero-order chi connectivity index (χ0) is 31.7. The fourth-order valence-corrected chi connectivity index (χ4v) is 6.45. The van der Waals surface area contributed by atoms with Gasteiger partial charge < -0.3 is 5.32 Å². The lowest BCUT2D eigenvalue weighted by Crippen LogP contribution is -2.56. The van der Waals surface area contributed by atoms with Crippen LogP contribution >= 0.6 is 22.6 Å². The van der Waals surface area contributed by atoms with Crippen LogP contribution in [0.15, 0.2) is 79.3 Å². The molecule has 0 unspecified atom stereocenters. The number of carbonyl (C=O) groups excluding carboxylic acids is 3. The van der Waals surface area contributed by atoms with Crippen LogP contribution in [0.25, 0.3) is 11.1 Å². The van der Waals surface area contributed by atoms with Gasteiger partial charge in [-0.25, -0.2) is 13.8 Å². The molecule has 6 rings (SSSR count). The van der Waals surface area contributed by atoms with Gasteiger partial charge in [0.2, 0.25) is 11.8 Å². The summed E-state index contributed by atoms with van der Waals surface area (Å²) in [6, 6.07) is 15.9. The molecule has 0 radical (unpaired) electrons. The van der Waals surface area contributed by atoms with Crippen molar-refractivity contribution in [1.82, 2.24) is 20.5 Å². The molecule has 10 nitrogen and oxygen atoms in total. The summed E-state index contributed by atoms with van der Waals surface area (Å²) in [6.07, 6.45) is 3.91. The summed E-state index contributed by atoms with van der Waals surface area (Å²) in [6.45, 7) is 0. The van der Waals surface area contributed by atoms with Crippen LogP contribution in [0.5, 0.6) is 0 Å². The summed E-state index contributed by atoms with van der Waals surface area (Å²) in [5, 5.41) is 19.0. The molecule has 3 heterocycles. The highest BCUT2D eigenvalue weighted by Gasteiger charge is 2.48. The Morgan fingerprint density at radius 2 is 1.93 bits per heavy atom. The second kappa shape index (κ2) is 12.4. The van der Waals surface area contributed by atoms with Gasteiger partial charge in [-0.05, 0) is 70.5 Å². The number of nitrogens with zero attached hydrogens (tertiary/aromatic N) is 5. The third kappa shape index (κ3) is 6.15. The number of hydrogen-bond acceptors (Lipinski definition) is 6. The molecule has 1 saturated heterocycles. The Morgan fingerprint density at radius 3 is 2.64 bits per heavy atom. The van der Waals surface area contributed by atoms with Gasteiger partial charge in [-0.3, -0.25) is 29.3 Å². The SMILES string of the molecule is N#Cc1ccnc(N2C(=O)CC[C@H]2C(=O)N(c2cccc(-c3cn[nH]c3)c2)[C@H](C(=O)NC2CC(F)(F)C2)c2ccccc2I)c1. The van der Waals surface area contributed by atoms with Crippen LogP contribution < -0.4 is 15.1 Å². The predicted molar refractivity (Wildman–Crippen MR) is 169 cm³/mol. The van der Waals surface area contributed by atoms with Crippen molar-refractivity contribution in [2.24, 2.45) is 0 Å². The Labute approximate surface area is 270 Å². The van der Waals surface area contributed by atoms with Crippen molar-refractivity contribution >= 4 is 51.8 Å². The molecule has 3 amide bonds. The number of rotatable bonds is 8.